The van der Waals surface area contributed by atoms with Gasteiger partial charge < -0.3 is 4.74 Å². The highest BCUT2D eigenvalue weighted by atomic mass is 35.5. The van der Waals surface area contributed by atoms with Crippen LogP contribution in [0.1, 0.15) is 6.92 Å². The number of nitrogens with one attached hydrogen (secondary N) is 2. The van der Waals surface area contributed by atoms with Gasteiger partial charge in [0.2, 0.25) is 6.79 Å². The van der Waals surface area contributed by atoms with Gasteiger partial charge in [0, 0.05) is 31.8 Å². The van der Waals surface area contributed by atoms with E-state index in [9.17, 15) is 9.36 Å². The van der Waals surface area contributed by atoms with E-state index in [0.717, 1.165) is 0 Å². The standard InChI is InChI=1S/C7H15Cl2N2O4P/c1-7(12)14-6-15-16(13,10-4-2-8)11-5-3-9/h2-6H2,1H3,(H2,10,11,13). The third-order valence-corrected chi connectivity index (χ3v) is 3.45. The Hall–Kier alpha value is 0.160. The molecule has 6 nitrogen and oxygen atoms in total. The van der Waals surface area contributed by atoms with Crippen LogP contribution in [0.4, 0.5) is 0 Å². The van der Waals surface area contributed by atoms with Crippen LogP contribution in [-0.4, -0.2) is 37.6 Å². The molecule has 16 heavy (non-hydrogen) atoms. The summed E-state index contributed by atoms with van der Waals surface area (Å²) < 4.78 is 21.4. The Labute approximate surface area is 105 Å². The van der Waals surface area contributed by atoms with E-state index in [1.807, 2.05) is 0 Å². The maximum atomic E-state index is 12.0. The Morgan fingerprint density at radius 3 is 2.12 bits per heavy atom. The summed E-state index contributed by atoms with van der Waals surface area (Å²) in [7, 11) is -3.25. The van der Waals surface area contributed by atoms with Gasteiger partial charge in [-0.3, -0.25) is 13.9 Å². The van der Waals surface area contributed by atoms with E-state index in [1.54, 1.807) is 0 Å². The summed E-state index contributed by atoms with van der Waals surface area (Å²) in [5.41, 5.74) is 0. The van der Waals surface area contributed by atoms with Gasteiger partial charge in [0.15, 0.2) is 0 Å². The number of esters is 1. The van der Waals surface area contributed by atoms with Gasteiger partial charge in [-0.25, -0.2) is 10.2 Å². The van der Waals surface area contributed by atoms with Crippen molar-refractivity contribution < 1.29 is 18.6 Å². The molecule has 0 atom stereocenters. The van der Waals surface area contributed by atoms with Crippen molar-refractivity contribution in [1.82, 2.24) is 10.2 Å². The Bertz CT molecular complexity index is 243. The monoisotopic (exact) mass is 292 g/mol. The summed E-state index contributed by atoms with van der Waals surface area (Å²) in [6.45, 7) is 1.44. The molecule has 0 aliphatic carbocycles. The molecule has 0 aromatic carbocycles. The largest absolute Gasteiger partial charge is 0.438 e. The van der Waals surface area contributed by atoms with E-state index in [2.05, 4.69) is 14.9 Å². The summed E-state index contributed by atoms with van der Waals surface area (Å²) in [5.74, 6) is 0.0497. The quantitative estimate of drug-likeness (QED) is 0.289. The zero-order chi connectivity index (χ0) is 12.4. The second-order valence-corrected chi connectivity index (χ2v) is 5.38. The molecule has 0 heterocycles. The highest BCUT2D eigenvalue weighted by molar-refractivity contribution is 7.54. The van der Waals surface area contributed by atoms with Crippen LogP contribution in [0.3, 0.4) is 0 Å². The van der Waals surface area contributed by atoms with Crippen molar-refractivity contribution in [3.05, 3.63) is 0 Å². The molecule has 0 spiro atoms. The Kier molecular flexibility index (Phi) is 9.31. The predicted molar refractivity (Wildman–Crippen MR) is 62.8 cm³/mol. The molecule has 0 radical (unpaired) electrons. The molecule has 0 aliphatic heterocycles. The van der Waals surface area contributed by atoms with Crippen LogP contribution in [0, 0.1) is 0 Å². The normalized spacial score (nSPS) is 11.4. The number of hydrogen-bond acceptors (Lipinski definition) is 4. The van der Waals surface area contributed by atoms with Crippen LogP contribution >= 0.6 is 30.9 Å². The van der Waals surface area contributed by atoms with E-state index in [1.165, 1.54) is 6.92 Å². The van der Waals surface area contributed by atoms with Crippen LogP contribution in [0.5, 0.6) is 0 Å². The molecule has 2 N–H and O–H groups in total. The summed E-state index contributed by atoms with van der Waals surface area (Å²) in [5, 5.41) is 5.19. The van der Waals surface area contributed by atoms with E-state index in [-0.39, 0.29) is 11.8 Å². The maximum absolute atomic E-state index is 12.0. The lowest BCUT2D eigenvalue weighted by Crippen LogP contribution is -2.27. The predicted octanol–water partition coefficient (Wildman–Crippen LogP) is 1.29. The number of rotatable bonds is 9. The zero-order valence-electron chi connectivity index (χ0n) is 8.87. The van der Waals surface area contributed by atoms with Crippen LogP contribution in [0.25, 0.3) is 0 Å². The van der Waals surface area contributed by atoms with E-state index >= 15 is 0 Å². The lowest BCUT2D eigenvalue weighted by molar-refractivity contribution is -0.147. The van der Waals surface area contributed by atoms with Crippen molar-refractivity contribution in [3.8, 4) is 0 Å². The number of carbonyl (C=O) groups excluding carboxylic acids is 1. The zero-order valence-corrected chi connectivity index (χ0v) is 11.3. The van der Waals surface area contributed by atoms with Gasteiger partial charge in [-0.1, -0.05) is 0 Å². The van der Waals surface area contributed by atoms with Crippen molar-refractivity contribution in [1.29, 1.82) is 0 Å². The van der Waals surface area contributed by atoms with Gasteiger partial charge in [-0.2, -0.15) is 0 Å². The van der Waals surface area contributed by atoms with Gasteiger partial charge >= 0.3 is 13.6 Å². The maximum Gasteiger partial charge on any atom is 0.343 e. The first-order chi connectivity index (χ1) is 7.54. The number of ether oxygens (including phenoxy) is 1. The molecule has 0 aromatic rings. The second kappa shape index (κ2) is 9.22. The van der Waals surface area contributed by atoms with Gasteiger partial charge in [0.1, 0.15) is 0 Å². The van der Waals surface area contributed by atoms with Crippen molar-refractivity contribution >= 4 is 36.8 Å². The van der Waals surface area contributed by atoms with Crippen LogP contribution in [0.15, 0.2) is 0 Å². The van der Waals surface area contributed by atoms with E-state index in [4.69, 9.17) is 27.7 Å². The van der Waals surface area contributed by atoms with Crippen molar-refractivity contribution in [3.63, 3.8) is 0 Å². The van der Waals surface area contributed by atoms with Crippen LogP contribution < -0.4 is 10.2 Å². The SMILES string of the molecule is CC(=O)OCOP(=O)(NCCCl)NCCCl. The van der Waals surface area contributed by atoms with Crippen molar-refractivity contribution in [2.24, 2.45) is 0 Å². The van der Waals surface area contributed by atoms with Crippen LogP contribution in [-0.2, 0) is 18.6 Å². The third kappa shape index (κ3) is 8.33. The van der Waals surface area contributed by atoms with Gasteiger partial charge in [0.25, 0.3) is 0 Å². The first kappa shape index (κ1) is 16.2. The molecule has 0 rings (SSSR count). The Morgan fingerprint density at radius 2 is 1.75 bits per heavy atom. The smallest absolute Gasteiger partial charge is 0.343 e. The molecule has 96 valence electrons. The van der Waals surface area contributed by atoms with Gasteiger partial charge in [-0.15, -0.1) is 23.2 Å². The van der Waals surface area contributed by atoms with Crippen molar-refractivity contribution in [2.75, 3.05) is 31.6 Å². The third-order valence-electron chi connectivity index (χ3n) is 1.33. The van der Waals surface area contributed by atoms with E-state index < -0.39 is 20.4 Å². The highest BCUT2D eigenvalue weighted by Gasteiger charge is 2.21. The Balaban J connectivity index is 4.07. The fourth-order valence-electron chi connectivity index (χ4n) is 0.710. The first-order valence-corrected chi connectivity index (χ1v) is 7.23. The summed E-state index contributed by atoms with van der Waals surface area (Å²) in [6, 6.07) is 0. The second-order valence-electron chi connectivity index (χ2n) is 2.63. The number of alkyl halides is 2. The van der Waals surface area contributed by atoms with Gasteiger partial charge in [-0.05, 0) is 0 Å². The Morgan fingerprint density at radius 1 is 1.25 bits per heavy atom. The minimum Gasteiger partial charge on any atom is -0.438 e. The summed E-state index contributed by atoms with van der Waals surface area (Å²) in [6.07, 6.45) is 0. The molecule has 0 aliphatic rings. The van der Waals surface area contributed by atoms with E-state index in [0.29, 0.717) is 13.1 Å². The molecule has 0 fully saturated rings. The fraction of sp³-hybridized carbons (Fsp3) is 0.857. The molecule has 9 heteroatoms. The number of halogens is 2. The molecule has 0 amide bonds. The van der Waals surface area contributed by atoms with Crippen molar-refractivity contribution in [2.45, 2.75) is 6.92 Å². The molecule has 0 bridgehead atoms. The molecule has 0 aromatic heterocycles. The lowest BCUT2D eigenvalue weighted by atomic mass is 10.8. The molecular weight excluding hydrogens is 278 g/mol. The first-order valence-electron chi connectivity index (χ1n) is 4.54. The van der Waals surface area contributed by atoms with Gasteiger partial charge in [0.05, 0.1) is 0 Å². The number of carbonyl (C=O) groups is 1. The molecule has 0 saturated heterocycles. The summed E-state index contributed by atoms with van der Waals surface area (Å²) >= 11 is 10.9. The molecule has 0 saturated carbocycles. The highest BCUT2D eigenvalue weighted by Crippen LogP contribution is 2.36. The average molecular weight is 293 g/mol. The summed E-state index contributed by atoms with van der Waals surface area (Å²) in [4.78, 5) is 10.5. The molecular formula is C7H15Cl2N2O4P. The van der Waals surface area contributed by atoms with Crippen LogP contribution in [0.2, 0.25) is 0 Å². The average Bonchev–Trinajstić information content (AvgIpc) is 2.23. The number of hydrogen-bond donors (Lipinski definition) is 2. The molecule has 0 unspecified atom stereocenters. The minimum atomic E-state index is -3.25. The topological polar surface area (TPSA) is 76.7 Å². The fourth-order valence-corrected chi connectivity index (χ4v) is 2.47. The lowest BCUT2D eigenvalue weighted by Gasteiger charge is -2.19. The minimum absolute atomic E-state index is 0.281.